The molecule has 104 valence electrons. The molecule has 1 saturated carbocycles. The summed E-state index contributed by atoms with van der Waals surface area (Å²) < 4.78 is 38.1. The average Bonchev–Trinajstić information content (AvgIpc) is 2.74. The minimum Gasteiger partial charge on any atom is -0.395 e. The molecule has 2 rings (SSSR count). The van der Waals surface area contributed by atoms with Crippen molar-refractivity contribution >= 4 is 0 Å². The van der Waals surface area contributed by atoms with Gasteiger partial charge in [-0.25, -0.2) is 0 Å². The van der Waals surface area contributed by atoms with Crippen LogP contribution in [0.15, 0.2) is 11.8 Å². The molecule has 0 aromatic heterocycles. The summed E-state index contributed by atoms with van der Waals surface area (Å²) >= 11 is 0. The third-order valence-corrected chi connectivity index (χ3v) is 4.19. The lowest BCUT2D eigenvalue weighted by atomic mass is 9.68. The zero-order valence-corrected chi connectivity index (χ0v) is 10.1. The van der Waals surface area contributed by atoms with Gasteiger partial charge in [0.25, 0.3) is 0 Å². The molecule has 2 aliphatic rings. The lowest BCUT2D eigenvalue weighted by Crippen LogP contribution is -2.52. The third-order valence-electron chi connectivity index (χ3n) is 4.19. The largest absolute Gasteiger partial charge is 0.436 e. The van der Waals surface area contributed by atoms with Gasteiger partial charge in [0.1, 0.15) is 0 Å². The van der Waals surface area contributed by atoms with Crippen LogP contribution in [0.1, 0.15) is 38.5 Å². The van der Waals surface area contributed by atoms with Crippen molar-refractivity contribution in [2.75, 3.05) is 6.61 Å². The maximum Gasteiger partial charge on any atom is 0.436 e. The van der Waals surface area contributed by atoms with Crippen LogP contribution in [0, 0.1) is 5.41 Å². The summed E-state index contributed by atoms with van der Waals surface area (Å²) in [6.45, 7) is -0.158. The van der Waals surface area contributed by atoms with Gasteiger partial charge in [-0.1, -0.05) is 19.3 Å². The summed E-state index contributed by atoms with van der Waals surface area (Å²) in [5, 5.41) is 21.1. The summed E-state index contributed by atoms with van der Waals surface area (Å²) in [6.07, 6.45) is 0.273. The average molecular weight is 265 g/mol. The molecule has 1 heterocycles. The van der Waals surface area contributed by atoms with Crippen molar-refractivity contribution < 1.29 is 23.4 Å². The van der Waals surface area contributed by atoms with Gasteiger partial charge in [-0.2, -0.15) is 13.2 Å². The molecular formula is C12H18F3NO2. The second-order valence-electron chi connectivity index (χ2n) is 5.35. The summed E-state index contributed by atoms with van der Waals surface area (Å²) in [4.78, 5) is 0. The van der Waals surface area contributed by atoms with Crippen molar-refractivity contribution in [3.05, 3.63) is 11.8 Å². The summed E-state index contributed by atoms with van der Waals surface area (Å²) in [6, 6.07) is 0. The molecular weight excluding hydrogens is 247 g/mol. The van der Waals surface area contributed by atoms with Gasteiger partial charge in [0.2, 0.25) is 5.72 Å². The molecule has 0 spiro atoms. The van der Waals surface area contributed by atoms with Crippen molar-refractivity contribution in [3.8, 4) is 0 Å². The molecule has 1 fully saturated rings. The molecule has 1 atom stereocenters. The van der Waals surface area contributed by atoms with Gasteiger partial charge in [0.05, 0.1) is 6.61 Å². The van der Waals surface area contributed by atoms with Crippen molar-refractivity contribution in [1.29, 1.82) is 0 Å². The molecule has 0 saturated heterocycles. The van der Waals surface area contributed by atoms with Crippen LogP contribution in [0.2, 0.25) is 0 Å². The van der Waals surface area contributed by atoms with Crippen LogP contribution in [0.4, 0.5) is 13.2 Å². The Morgan fingerprint density at radius 3 is 2.28 bits per heavy atom. The highest BCUT2D eigenvalue weighted by Crippen LogP contribution is 2.48. The molecule has 3 N–H and O–H groups in total. The maximum atomic E-state index is 12.7. The van der Waals surface area contributed by atoms with E-state index < -0.39 is 23.7 Å². The van der Waals surface area contributed by atoms with Gasteiger partial charge in [-0.3, -0.25) is 0 Å². The zero-order valence-electron chi connectivity index (χ0n) is 10.1. The summed E-state index contributed by atoms with van der Waals surface area (Å²) in [7, 11) is 0. The molecule has 0 bridgehead atoms. The van der Waals surface area contributed by atoms with Crippen LogP contribution in [0.5, 0.6) is 0 Å². The Balaban J connectivity index is 2.16. The highest BCUT2D eigenvalue weighted by atomic mass is 19.4. The topological polar surface area (TPSA) is 52.5 Å². The van der Waals surface area contributed by atoms with Crippen molar-refractivity contribution in [1.82, 2.24) is 5.32 Å². The van der Waals surface area contributed by atoms with Crippen LogP contribution in [-0.4, -0.2) is 28.7 Å². The smallest absolute Gasteiger partial charge is 0.395 e. The van der Waals surface area contributed by atoms with E-state index in [0.29, 0.717) is 18.4 Å². The Bertz CT molecular complexity index is 348. The summed E-state index contributed by atoms with van der Waals surface area (Å²) in [5.41, 5.74) is -2.97. The first kappa shape index (κ1) is 13.7. The van der Waals surface area contributed by atoms with Crippen LogP contribution in [0.25, 0.3) is 0 Å². The first-order chi connectivity index (χ1) is 8.33. The number of alkyl halides is 3. The lowest BCUT2D eigenvalue weighted by Gasteiger charge is -2.37. The van der Waals surface area contributed by atoms with E-state index in [1.165, 1.54) is 6.20 Å². The van der Waals surface area contributed by atoms with E-state index in [-0.39, 0.29) is 6.61 Å². The fourth-order valence-corrected chi connectivity index (χ4v) is 2.92. The van der Waals surface area contributed by atoms with Gasteiger partial charge in [0, 0.05) is 11.8 Å². The van der Waals surface area contributed by atoms with Crippen LogP contribution in [-0.2, 0) is 0 Å². The number of hydrogen-bond donors (Lipinski definition) is 3. The highest BCUT2D eigenvalue weighted by molar-refractivity contribution is 5.24. The van der Waals surface area contributed by atoms with Gasteiger partial charge < -0.3 is 15.5 Å². The van der Waals surface area contributed by atoms with E-state index in [4.69, 9.17) is 0 Å². The molecule has 0 amide bonds. The van der Waals surface area contributed by atoms with Gasteiger partial charge >= 0.3 is 6.18 Å². The second kappa shape index (κ2) is 4.42. The quantitative estimate of drug-likeness (QED) is 0.716. The predicted molar refractivity (Wildman–Crippen MR) is 59.4 cm³/mol. The molecule has 1 aliphatic heterocycles. The number of rotatable bonds is 2. The van der Waals surface area contributed by atoms with E-state index in [2.05, 4.69) is 0 Å². The first-order valence-electron chi connectivity index (χ1n) is 6.20. The Hall–Kier alpha value is -0.750. The van der Waals surface area contributed by atoms with Crippen LogP contribution < -0.4 is 5.32 Å². The third kappa shape index (κ3) is 2.12. The maximum absolute atomic E-state index is 12.7. The number of aliphatic hydroxyl groups excluding tert-OH is 1. The predicted octanol–water partition coefficient (Wildman–Crippen LogP) is 2.06. The monoisotopic (exact) mass is 265 g/mol. The molecule has 3 nitrogen and oxygen atoms in total. The molecule has 6 heteroatoms. The van der Waals surface area contributed by atoms with Gasteiger partial charge in [0.15, 0.2) is 0 Å². The van der Waals surface area contributed by atoms with E-state index >= 15 is 0 Å². The first-order valence-corrected chi connectivity index (χ1v) is 6.20. The molecule has 0 aromatic carbocycles. The minimum absolute atomic E-state index is 0.158. The Labute approximate surface area is 104 Å². The van der Waals surface area contributed by atoms with Crippen LogP contribution >= 0.6 is 0 Å². The SMILES string of the molecule is OCC1(C2=CNC(O)(C(F)(F)F)C2)CCCCC1. The van der Waals surface area contributed by atoms with Gasteiger partial charge in [-0.15, -0.1) is 0 Å². The number of aliphatic hydroxyl groups is 2. The van der Waals surface area contributed by atoms with E-state index in [0.717, 1.165) is 19.3 Å². The van der Waals surface area contributed by atoms with Gasteiger partial charge in [-0.05, 0) is 24.6 Å². The zero-order chi connectivity index (χ0) is 13.4. The number of hydrogen-bond acceptors (Lipinski definition) is 3. The molecule has 18 heavy (non-hydrogen) atoms. The highest BCUT2D eigenvalue weighted by Gasteiger charge is 2.57. The van der Waals surface area contributed by atoms with Crippen molar-refractivity contribution in [2.45, 2.75) is 50.4 Å². The fourth-order valence-electron chi connectivity index (χ4n) is 2.92. The second-order valence-corrected chi connectivity index (χ2v) is 5.35. The van der Waals surface area contributed by atoms with E-state index in [1.807, 2.05) is 5.32 Å². The molecule has 0 aromatic rings. The van der Waals surface area contributed by atoms with E-state index in [1.54, 1.807) is 0 Å². The number of halogens is 3. The van der Waals surface area contributed by atoms with Crippen molar-refractivity contribution in [2.24, 2.45) is 5.41 Å². The standard InChI is InChI=1S/C12H18F3NO2/c13-12(14,15)11(18)6-9(7-16-11)10(8-17)4-2-1-3-5-10/h7,16-18H,1-6,8H2. The van der Waals surface area contributed by atoms with Crippen molar-refractivity contribution in [3.63, 3.8) is 0 Å². The molecule has 1 unspecified atom stereocenters. The fraction of sp³-hybridized carbons (Fsp3) is 0.833. The Morgan fingerprint density at radius 2 is 1.83 bits per heavy atom. The summed E-state index contributed by atoms with van der Waals surface area (Å²) in [5.74, 6) is 0. The lowest BCUT2D eigenvalue weighted by molar-refractivity contribution is -0.265. The Morgan fingerprint density at radius 1 is 1.22 bits per heavy atom. The molecule has 0 radical (unpaired) electrons. The normalized spacial score (nSPS) is 31.9. The Kier molecular flexibility index (Phi) is 3.36. The number of nitrogens with one attached hydrogen (secondary N) is 1. The minimum atomic E-state index is -4.71. The van der Waals surface area contributed by atoms with Crippen LogP contribution in [0.3, 0.4) is 0 Å². The molecule has 1 aliphatic carbocycles. The van der Waals surface area contributed by atoms with E-state index in [9.17, 15) is 23.4 Å².